The molecule has 2 rings (SSSR count). The highest BCUT2D eigenvalue weighted by molar-refractivity contribution is 7.12. The van der Waals surface area contributed by atoms with Crippen molar-refractivity contribution >= 4 is 17.0 Å². The molecule has 1 aromatic carbocycles. The van der Waals surface area contributed by atoms with Crippen LogP contribution < -0.4 is 10.1 Å². The lowest BCUT2D eigenvalue weighted by molar-refractivity contribution is 0.242. The summed E-state index contributed by atoms with van der Waals surface area (Å²) in [6, 6.07) is 12.8. The van der Waals surface area contributed by atoms with Gasteiger partial charge in [0.1, 0.15) is 5.75 Å². The van der Waals surface area contributed by atoms with Crippen molar-refractivity contribution in [3.05, 3.63) is 46.2 Å². The first-order chi connectivity index (χ1) is 9.04. The first-order valence-corrected chi connectivity index (χ1v) is 7.46. The number of anilines is 1. The molecule has 1 N–H and O–H groups in total. The Morgan fingerprint density at radius 2 is 1.68 bits per heavy atom. The predicted molar refractivity (Wildman–Crippen MR) is 83.3 cm³/mol. The van der Waals surface area contributed by atoms with Gasteiger partial charge in [-0.25, -0.2) is 0 Å². The second-order valence-corrected chi connectivity index (χ2v) is 6.32. The van der Waals surface area contributed by atoms with E-state index in [4.69, 9.17) is 4.74 Å². The molecule has 0 saturated heterocycles. The minimum absolute atomic E-state index is 0.215. The number of nitrogens with one attached hydrogen (secondary N) is 1. The number of benzene rings is 1. The summed E-state index contributed by atoms with van der Waals surface area (Å²) in [5.74, 6) is 0.917. The van der Waals surface area contributed by atoms with Gasteiger partial charge in [-0.2, -0.15) is 0 Å². The van der Waals surface area contributed by atoms with Crippen molar-refractivity contribution in [2.45, 2.75) is 39.8 Å². The van der Waals surface area contributed by atoms with Crippen LogP contribution in [0.2, 0.25) is 0 Å². The molecule has 1 atom stereocenters. The highest BCUT2D eigenvalue weighted by Crippen LogP contribution is 2.26. The first kappa shape index (κ1) is 13.9. The molecule has 0 amide bonds. The number of rotatable bonds is 5. The fourth-order valence-corrected chi connectivity index (χ4v) is 2.79. The predicted octanol–water partition coefficient (Wildman–Crippen LogP) is 5.02. The molecule has 2 nitrogen and oxygen atoms in total. The molecular weight excluding hydrogens is 254 g/mol. The quantitative estimate of drug-likeness (QED) is 0.827. The normalized spacial score (nSPS) is 12.5. The summed E-state index contributed by atoms with van der Waals surface area (Å²) in [6.07, 6.45) is 0.215. The molecule has 2 aromatic rings. The van der Waals surface area contributed by atoms with E-state index in [-0.39, 0.29) is 6.10 Å². The Balaban J connectivity index is 1.99. The second kappa shape index (κ2) is 6.11. The van der Waals surface area contributed by atoms with E-state index >= 15 is 0 Å². The van der Waals surface area contributed by atoms with E-state index in [1.165, 1.54) is 9.75 Å². The molecule has 0 aliphatic carbocycles. The summed E-state index contributed by atoms with van der Waals surface area (Å²) >= 11 is 1.84. The lowest BCUT2D eigenvalue weighted by Gasteiger charge is -2.15. The number of aryl methyl sites for hydroxylation is 1. The van der Waals surface area contributed by atoms with Crippen molar-refractivity contribution in [2.24, 2.45) is 0 Å². The highest BCUT2D eigenvalue weighted by Gasteiger charge is 2.07. The summed E-state index contributed by atoms with van der Waals surface area (Å²) in [7, 11) is 0. The smallest absolute Gasteiger partial charge is 0.119 e. The minimum Gasteiger partial charge on any atom is -0.491 e. The zero-order chi connectivity index (χ0) is 13.8. The van der Waals surface area contributed by atoms with E-state index in [2.05, 4.69) is 43.4 Å². The molecule has 19 heavy (non-hydrogen) atoms. The summed E-state index contributed by atoms with van der Waals surface area (Å²) in [6.45, 7) is 8.39. The van der Waals surface area contributed by atoms with Gasteiger partial charge in [0.25, 0.3) is 0 Å². The fourth-order valence-electron chi connectivity index (χ4n) is 1.91. The van der Waals surface area contributed by atoms with Gasteiger partial charge < -0.3 is 10.1 Å². The van der Waals surface area contributed by atoms with Crippen LogP contribution in [-0.2, 0) is 0 Å². The minimum atomic E-state index is 0.215. The molecule has 102 valence electrons. The number of ether oxygens (including phenoxy) is 1. The average Bonchev–Trinajstić information content (AvgIpc) is 2.78. The number of hydrogen-bond donors (Lipinski definition) is 1. The van der Waals surface area contributed by atoms with E-state index in [9.17, 15) is 0 Å². The van der Waals surface area contributed by atoms with Crippen molar-refractivity contribution in [1.82, 2.24) is 0 Å². The lowest BCUT2D eigenvalue weighted by Crippen LogP contribution is -2.06. The molecule has 1 aromatic heterocycles. The van der Waals surface area contributed by atoms with Crippen LogP contribution in [0.15, 0.2) is 36.4 Å². The lowest BCUT2D eigenvalue weighted by atomic mass is 10.2. The van der Waals surface area contributed by atoms with Gasteiger partial charge >= 0.3 is 0 Å². The molecule has 1 heterocycles. The third-order valence-corrected chi connectivity index (χ3v) is 3.98. The van der Waals surface area contributed by atoms with Crippen molar-refractivity contribution in [1.29, 1.82) is 0 Å². The van der Waals surface area contributed by atoms with Crippen molar-refractivity contribution in [3.8, 4) is 5.75 Å². The maximum Gasteiger partial charge on any atom is 0.119 e. The first-order valence-electron chi connectivity index (χ1n) is 6.64. The largest absolute Gasteiger partial charge is 0.491 e. The van der Waals surface area contributed by atoms with E-state index in [1.54, 1.807) is 0 Å². The fraction of sp³-hybridized carbons (Fsp3) is 0.375. The summed E-state index contributed by atoms with van der Waals surface area (Å²) in [4.78, 5) is 2.71. The number of thiophene rings is 1. The SMILES string of the molecule is Cc1ccc(C(C)Nc2ccc(OC(C)C)cc2)s1. The molecular formula is C16H21NOS. The van der Waals surface area contributed by atoms with Gasteiger partial charge in [0.2, 0.25) is 0 Å². The van der Waals surface area contributed by atoms with Gasteiger partial charge in [-0.15, -0.1) is 11.3 Å². The molecule has 0 fully saturated rings. The molecule has 0 spiro atoms. The Morgan fingerprint density at radius 3 is 2.21 bits per heavy atom. The van der Waals surface area contributed by atoms with Gasteiger partial charge in [0, 0.05) is 15.4 Å². The Hall–Kier alpha value is -1.48. The molecule has 0 bridgehead atoms. The maximum atomic E-state index is 5.64. The van der Waals surface area contributed by atoms with Gasteiger partial charge in [0.05, 0.1) is 12.1 Å². The van der Waals surface area contributed by atoms with Crippen LogP contribution in [0.1, 0.15) is 36.6 Å². The standard InChI is InChI=1S/C16H21NOS/c1-11(2)18-15-8-6-14(7-9-15)17-13(4)16-10-5-12(3)19-16/h5-11,13,17H,1-4H3. The Bertz CT molecular complexity index is 516. The Kier molecular flexibility index (Phi) is 4.48. The molecule has 0 aliphatic rings. The van der Waals surface area contributed by atoms with E-state index in [0.717, 1.165) is 11.4 Å². The maximum absolute atomic E-state index is 5.64. The summed E-state index contributed by atoms with van der Waals surface area (Å²) < 4.78 is 5.64. The molecule has 0 saturated carbocycles. The molecule has 1 unspecified atom stereocenters. The highest BCUT2D eigenvalue weighted by atomic mass is 32.1. The third kappa shape index (κ3) is 4.00. The van der Waals surface area contributed by atoms with Crippen LogP contribution in [0.25, 0.3) is 0 Å². The van der Waals surface area contributed by atoms with Crippen LogP contribution in [0.3, 0.4) is 0 Å². The van der Waals surface area contributed by atoms with Gasteiger partial charge in [-0.05, 0) is 64.1 Å². The van der Waals surface area contributed by atoms with Crippen LogP contribution >= 0.6 is 11.3 Å². The monoisotopic (exact) mass is 275 g/mol. The Morgan fingerprint density at radius 1 is 1.00 bits per heavy atom. The van der Waals surface area contributed by atoms with Gasteiger partial charge in [0.15, 0.2) is 0 Å². The molecule has 3 heteroatoms. The van der Waals surface area contributed by atoms with Gasteiger partial charge in [-0.3, -0.25) is 0 Å². The topological polar surface area (TPSA) is 21.3 Å². The molecule has 0 radical (unpaired) electrons. The summed E-state index contributed by atoms with van der Waals surface area (Å²) in [5, 5.41) is 3.51. The van der Waals surface area contributed by atoms with Crippen LogP contribution in [-0.4, -0.2) is 6.10 Å². The van der Waals surface area contributed by atoms with Gasteiger partial charge in [-0.1, -0.05) is 0 Å². The second-order valence-electron chi connectivity index (χ2n) is 5.01. The van der Waals surface area contributed by atoms with Crippen molar-refractivity contribution in [3.63, 3.8) is 0 Å². The number of hydrogen-bond acceptors (Lipinski definition) is 3. The van der Waals surface area contributed by atoms with E-state index < -0.39 is 0 Å². The third-order valence-electron chi connectivity index (χ3n) is 2.80. The van der Waals surface area contributed by atoms with Crippen LogP contribution in [0.5, 0.6) is 5.75 Å². The van der Waals surface area contributed by atoms with Crippen molar-refractivity contribution in [2.75, 3.05) is 5.32 Å². The van der Waals surface area contributed by atoms with E-state index in [0.29, 0.717) is 6.04 Å². The Labute approximate surface area is 119 Å². The molecule has 0 aliphatic heterocycles. The zero-order valence-electron chi connectivity index (χ0n) is 11.9. The van der Waals surface area contributed by atoms with Crippen LogP contribution in [0.4, 0.5) is 5.69 Å². The van der Waals surface area contributed by atoms with Crippen molar-refractivity contribution < 1.29 is 4.74 Å². The van der Waals surface area contributed by atoms with E-state index in [1.807, 2.05) is 37.3 Å². The zero-order valence-corrected chi connectivity index (χ0v) is 12.8. The summed E-state index contributed by atoms with van der Waals surface area (Å²) in [5.41, 5.74) is 1.12. The average molecular weight is 275 g/mol. The van der Waals surface area contributed by atoms with Crippen LogP contribution in [0, 0.1) is 6.92 Å².